The Bertz CT molecular complexity index is 493. The van der Waals surface area contributed by atoms with Gasteiger partial charge in [-0.1, -0.05) is 22.0 Å². The molecule has 1 aromatic rings. The minimum atomic E-state index is -3.27. The number of hydrogen-bond donors (Lipinski definition) is 0. The van der Waals surface area contributed by atoms with E-state index in [1.165, 1.54) is 0 Å². The Morgan fingerprint density at radius 2 is 1.88 bits per heavy atom. The summed E-state index contributed by atoms with van der Waals surface area (Å²) in [6.07, 6.45) is 1.93. The van der Waals surface area contributed by atoms with Crippen molar-refractivity contribution >= 4 is 26.0 Å². The van der Waals surface area contributed by atoms with Crippen LogP contribution in [0, 0.1) is 6.92 Å². The maximum absolute atomic E-state index is 12.2. The van der Waals surface area contributed by atoms with E-state index in [0.717, 1.165) is 22.9 Å². The third-order valence-electron chi connectivity index (χ3n) is 2.85. The average Bonchev–Trinajstić information content (AvgIpc) is 2.75. The number of nitrogens with zero attached hydrogens (tertiary/aromatic N) is 1. The van der Waals surface area contributed by atoms with Gasteiger partial charge in [0.05, 0.1) is 4.90 Å². The first kappa shape index (κ1) is 12.1. The van der Waals surface area contributed by atoms with Crippen LogP contribution < -0.4 is 0 Å². The van der Waals surface area contributed by atoms with Crippen molar-refractivity contribution in [1.29, 1.82) is 0 Å². The van der Waals surface area contributed by atoms with Gasteiger partial charge in [0.2, 0.25) is 10.0 Å². The highest BCUT2D eigenvalue weighted by Gasteiger charge is 2.27. The zero-order chi connectivity index (χ0) is 11.8. The van der Waals surface area contributed by atoms with Crippen molar-refractivity contribution in [3.8, 4) is 0 Å². The Hall–Kier alpha value is -0.390. The predicted octanol–water partition coefficient (Wildman–Crippen LogP) is 2.54. The summed E-state index contributed by atoms with van der Waals surface area (Å²) in [6, 6.07) is 5.18. The molecule has 0 spiro atoms. The van der Waals surface area contributed by atoms with E-state index in [9.17, 15) is 8.42 Å². The minimum Gasteiger partial charge on any atom is -0.207 e. The van der Waals surface area contributed by atoms with Crippen molar-refractivity contribution in [2.45, 2.75) is 24.7 Å². The number of halogens is 1. The molecular weight excluding hydrogens is 290 g/mol. The van der Waals surface area contributed by atoms with Gasteiger partial charge >= 0.3 is 0 Å². The van der Waals surface area contributed by atoms with Crippen molar-refractivity contribution in [2.24, 2.45) is 0 Å². The molecule has 0 bridgehead atoms. The molecule has 16 heavy (non-hydrogen) atoms. The molecule has 0 saturated carbocycles. The van der Waals surface area contributed by atoms with Crippen LogP contribution in [0.2, 0.25) is 0 Å². The molecular formula is C11H14BrNO2S. The average molecular weight is 304 g/mol. The number of sulfonamides is 1. The Morgan fingerprint density at radius 1 is 1.25 bits per heavy atom. The summed E-state index contributed by atoms with van der Waals surface area (Å²) in [7, 11) is -3.27. The second-order valence-corrected chi connectivity index (χ2v) is 6.81. The second-order valence-electron chi connectivity index (χ2n) is 4.02. The lowest BCUT2D eigenvalue weighted by Gasteiger charge is -2.15. The molecule has 0 amide bonds. The van der Waals surface area contributed by atoms with E-state index in [-0.39, 0.29) is 0 Å². The SMILES string of the molecule is Cc1ccc(S(=O)(=O)N2CCCC2)cc1Br. The molecule has 1 aromatic carbocycles. The normalized spacial score (nSPS) is 17.9. The van der Waals surface area contributed by atoms with Crippen LogP contribution in [0.1, 0.15) is 18.4 Å². The number of aryl methyl sites for hydroxylation is 1. The lowest BCUT2D eigenvalue weighted by atomic mass is 10.2. The molecule has 1 aliphatic heterocycles. The van der Waals surface area contributed by atoms with E-state index >= 15 is 0 Å². The molecule has 0 aromatic heterocycles. The van der Waals surface area contributed by atoms with Crippen LogP contribution in [0.15, 0.2) is 27.6 Å². The van der Waals surface area contributed by atoms with Crippen LogP contribution >= 0.6 is 15.9 Å². The Morgan fingerprint density at radius 3 is 2.44 bits per heavy atom. The quantitative estimate of drug-likeness (QED) is 0.842. The molecule has 0 atom stereocenters. The van der Waals surface area contributed by atoms with E-state index < -0.39 is 10.0 Å². The van der Waals surface area contributed by atoms with Gasteiger partial charge in [-0.05, 0) is 37.5 Å². The zero-order valence-corrected chi connectivity index (χ0v) is 11.5. The molecule has 2 rings (SSSR count). The van der Waals surface area contributed by atoms with E-state index in [1.54, 1.807) is 16.4 Å². The molecule has 1 saturated heterocycles. The van der Waals surface area contributed by atoms with Crippen LogP contribution in [-0.2, 0) is 10.0 Å². The maximum Gasteiger partial charge on any atom is 0.243 e. The van der Waals surface area contributed by atoms with E-state index in [0.29, 0.717) is 18.0 Å². The summed E-state index contributed by atoms with van der Waals surface area (Å²) in [5.41, 5.74) is 1.04. The smallest absolute Gasteiger partial charge is 0.207 e. The predicted molar refractivity (Wildman–Crippen MR) is 66.9 cm³/mol. The third kappa shape index (κ3) is 2.17. The monoisotopic (exact) mass is 303 g/mol. The summed E-state index contributed by atoms with van der Waals surface area (Å²) < 4.78 is 26.8. The highest BCUT2D eigenvalue weighted by molar-refractivity contribution is 9.10. The largest absolute Gasteiger partial charge is 0.243 e. The Balaban J connectivity index is 2.39. The number of hydrogen-bond acceptors (Lipinski definition) is 2. The van der Waals surface area contributed by atoms with Gasteiger partial charge < -0.3 is 0 Å². The lowest BCUT2D eigenvalue weighted by Crippen LogP contribution is -2.27. The second kappa shape index (κ2) is 4.47. The Labute approximate surface area is 105 Å². The van der Waals surface area contributed by atoms with Gasteiger partial charge in [0.1, 0.15) is 0 Å². The fourth-order valence-electron chi connectivity index (χ4n) is 1.81. The minimum absolute atomic E-state index is 0.381. The topological polar surface area (TPSA) is 37.4 Å². The van der Waals surface area contributed by atoms with Crippen LogP contribution in [0.25, 0.3) is 0 Å². The van der Waals surface area contributed by atoms with Crippen molar-refractivity contribution in [1.82, 2.24) is 4.31 Å². The van der Waals surface area contributed by atoms with Crippen molar-refractivity contribution in [3.05, 3.63) is 28.2 Å². The molecule has 0 N–H and O–H groups in total. The van der Waals surface area contributed by atoms with Crippen LogP contribution in [0.5, 0.6) is 0 Å². The number of rotatable bonds is 2. The Kier molecular flexibility index (Phi) is 3.37. The first-order valence-electron chi connectivity index (χ1n) is 5.28. The maximum atomic E-state index is 12.2. The first-order valence-corrected chi connectivity index (χ1v) is 7.51. The van der Waals surface area contributed by atoms with E-state index in [1.807, 2.05) is 13.0 Å². The molecule has 1 fully saturated rings. The van der Waals surface area contributed by atoms with Gasteiger partial charge in [-0.25, -0.2) is 8.42 Å². The van der Waals surface area contributed by atoms with Crippen LogP contribution in [0.3, 0.4) is 0 Å². The fourth-order valence-corrected chi connectivity index (χ4v) is 3.89. The molecule has 0 aliphatic carbocycles. The molecule has 3 nitrogen and oxygen atoms in total. The van der Waals surface area contributed by atoms with Gasteiger partial charge in [-0.15, -0.1) is 0 Å². The summed E-state index contributed by atoms with van der Waals surface area (Å²) in [6.45, 7) is 3.23. The summed E-state index contributed by atoms with van der Waals surface area (Å²) in [5, 5.41) is 0. The molecule has 0 radical (unpaired) electrons. The van der Waals surface area contributed by atoms with E-state index in [2.05, 4.69) is 15.9 Å². The molecule has 1 aliphatic rings. The first-order chi connectivity index (χ1) is 7.51. The van der Waals surface area contributed by atoms with Crippen LogP contribution in [0.4, 0.5) is 0 Å². The van der Waals surface area contributed by atoms with Crippen molar-refractivity contribution < 1.29 is 8.42 Å². The molecule has 88 valence electrons. The van der Waals surface area contributed by atoms with Gasteiger partial charge in [0, 0.05) is 17.6 Å². The van der Waals surface area contributed by atoms with E-state index in [4.69, 9.17) is 0 Å². The standard InChI is InChI=1S/C11H14BrNO2S/c1-9-4-5-10(8-11(9)12)16(14,15)13-6-2-3-7-13/h4-5,8H,2-3,6-7H2,1H3. The van der Waals surface area contributed by atoms with Gasteiger partial charge in [0.15, 0.2) is 0 Å². The molecule has 1 heterocycles. The van der Waals surface area contributed by atoms with Crippen molar-refractivity contribution in [3.63, 3.8) is 0 Å². The lowest BCUT2D eigenvalue weighted by molar-refractivity contribution is 0.477. The molecule has 5 heteroatoms. The fraction of sp³-hybridized carbons (Fsp3) is 0.455. The van der Waals surface area contributed by atoms with Gasteiger partial charge in [0.25, 0.3) is 0 Å². The highest BCUT2D eigenvalue weighted by atomic mass is 79.9. The summed E-state index contributed by atoms with van der Waals surface area (Å²) >= 11 is 3.36. The van der Waals surface area contributed by atoms with Gasteiger partial charge in [-0.2, -0.15) is 4.31 Å². The van der Waals surface area contributed by atoms with Crippen LogP contribution in [-0.4, -0.2) is 25.8 Å². The summed E-state index contributed by atoms with van der Waals surface area (Å²) in [4.78, 5) is 0.381. The highest BCUT2D eigenvalue weighted by Crippen LogP contribution is 2.25. The van der Waals surface area contributed by atoms with Gasteiger partial charge in [-0.3, -0.25) is 0 Å². The zero-order valence-electron chi connectivity index (χ0n) is 9.11. The summed E-state index contributed by atoms with van der Waals surface area (Å²) in [5.74, 6) is 0. The third-order valence-corrected chi connectivity index (χ3v) is 5.60. The molecule has 0 unspecified atom stereocenters. The number of benzene rings is 1. The van der Waals surface area contributed by atoms with Crippen molar-refractivity contribution in [2.75, 3.05) is 13.1 Å².